The second-order valence-electron chi connectivity index (χ2n) is 5.28. The lowest BCUT2D eigenvalue weighted by atomic mass is 9.94. The molecule has 1 aromatic rings. The first kappa shape index (κ1) is 17.9. The third-order valence-corrected chi connectivity index (χ3v) is 3.72. The van der Waals surface area contributed by atoms with Gasteiger partial charge < -0.3 is 9.64 Å². The highest BCUT2D eigenvalue weighted by Gasteiger charge is 2.21. The molecule has 3 nitrogen and oxygen atoms in total. The second-order valence-corrected chi connectivity index (χ2v) is 5.28. The Bertz CT molecular complexity index is 431. The molecule has 1 heterocycles. The molecule has 0 fully saturated rings. The maximum atomic E-state index is 10.8. The fourth-order valence-electron chi connectivity index (χ4n) is 2.70. The highest BCUT2D eigenvalue weighted by molar-refractivity contribution is 5.75. The monoisotopic (exact) mass is 291 g/mol. The average molecular weight is 291 g/mol. The quantitative estimate of drug-likeness (QED) is 0.745. The summed E-state index contributed by atoms with van der Waals surface area (Å²) >= 11 is 0. The lowest BCUT2D eigenvalue weighted by molar-refractivity contribution is 0.0309. The Morgan fingerprint density at radius 3 is 2.76 bits per heavy atom. The van der Waals surface area contributed by atoms with Crippen molar-refractivity contribution in [3.05, 3.63) is 34.9 Å². The SMILES string of the molecule is CC.CCCN(C)CCC1OCCc2cc(C=O)ccc21. The van der Waals surface area contributed by atoms with E-state index < -0.39 is 0 Å². The number of hydrogen-bond donors (Lipinski definition) is 0. The lowest BCUT2D eigenvalue weighted by Crippen LogP contribution is -2.25. The second kappa shape index (κ2) is 9.69. The van der Waals surface area contributed by atoms with E-state index in [9.17, 15) is 4.79 Å². The minimum Gasteiger partial charge on any atom is -0.373 e. The number of nitrogens with zero attached hydrogens (tertiary/aromatic N) is 1. The van der Waals surface area contributed by atoms with E-state index in [2.05, 4.69) is 24.9 Å². The van der Waals surface area contributed by atoms with E-state index in [0.717, 1.165) is 44.4 Å². The van der Waals surface area contributed by atoms with E-state index in [1.165, 1.54) is 17.5 Å². The summed E-state index contributed by atoms with van der Waals surface area (Å²) in [6, 6.07) is 5.96. The molecule has 0 saturated heterocycles. The van der Waals surface area contributed by atoms with Crippen LogP contribution in [0.5, 0.6) is 0 Å². The predicted molar refractivity (Wildman–Crippen MR) is 88.0 cm³/mol. The molecule has 1 aliphatic rings. The molecule has 2 rings (SSSR count). The average Bonchev–Trinajstić information content (AvgIpc) is 2.54. The Kier molecular flexibility index (Phi) is 8.24. The first-order valence-corrected chi connectivity index (χ1v) is 8.12. The van der Waals surface area contributed by atoms with Crippen molar-refractivity contribution in [2.24, 2.45) is 0 Å². The summed E-state index contributed by atoms with van der Waals surface area (Å²) in [5.74, 6) is 0. The number of hydrogen-bond acceptors (Lipinski definition) is 3. The van der Waals surface area contributed by atoms with E-state index in [4.69, 9.17) is 4.74 Å². The number of rotatable bonds is 6. The first-order chi connectivity index (χ1) is 10.2. The van der Waals surface area contributed by atoms with Crippen molar-refractivity contribution in [1.29, 1.82) is 0 Å². The highest BCUT2D eigenvalue weighted by atomic mass is 16.5. The molecule has 118 valence electrons. The molecular formula is C18H29NO2. The van der Waals surface area contributed by atoms with Crippen LogP contribution < -0.4 is 0 Å². The fraction of sp³-hybridized carbons (Fsp3) is 0.611. The predicted octanol–water partition coefficient (Wildman–Crippen LogP) is 3.87. The van der Waals surface area contributed by atoms with Crippen LogP contribution in [0.4, 0.5) is 0 Å². The van der Waals surface area contributed by atoms with Crippen molar-refractivity contribution in [1.82, 2.24) is 4.90 Å². The van der Waals surface area contributed by atoms with Crippen molar-refractivity contribution < 1.29 is 9.53 Å². The van der Waals surface area contributed by atoms with Gasteiger partial charge in [-0.15, -0.1) is 0 Å². The van der Waals surface area contributed by atoms with E-state index in [-0.39, 0.29) is 6.10 Å². The van der Waals surface area contributed by atoms with Crippen LogP contribution in [0.1, 0.15) is 61.2 Å². The third kappa shape index (κ3) is 5.25. The molecule has 3 heteroatoms. The van der Waals surface area contributed by atoms with Gasteiger partial charge in [-0.05, 0) is 50.0 Å². The van der Waals surface area contributed by atoms with Crippen LogP contribution in [0.25, 0.3) is 0 Å². The van der Waals surface area contributed by atoms with Gasteiger partial charge in [-0.1, -0.05) is 32.9 Å². The van der Waals surface area contributed by atoms with Crippen LogP contribution in [-0.4, -0.2) is 37.9 Å². The molecule has 0 bridgehead atoms. The molecule has 1 atom stereocenters. The number of carbonyl (C=O) groups excluding carboxylic acids is 1. The summed E-state index contributed by atoms with van der Waals surface area (Å²) in [6.07, 6.45) is 4.22. The summed E-state index contributed by atoms with van der Waals surface area (Å²) in [5.41, 5.74) is 3.31. The molecule has 0 aromatic heterocycles. The van der Waals surface area contributed by atoms with Crippen LogP contribution in [0.2, 0.25) is 0 Å². The fourth-order valence-corrected chi connectivity index (χ4v) is 2.70. The Balaban J connectivity index is 0.00000106. The molecule has 1 aromatic carbocycles. The zero-order valence-electron chi connectivity index (χ0n) is 13.9. The van der Waals surface area contributed by atoms with Gasteiger partial charge in [0.25, 0.3) is 0 Å². The summed E-state index contributed by atoms with van der Waals surface area (Å²) in [4.78, 5) is 13.2. The maximum absolute atomic E-state index is 10.8. The number of aldehydes is 1. The van der Waals surface area contributed by atoms with Gasteiger partial charge in [0, 0.05) is 12.1 Å². The van der Waals surface area contributed by atoms with Crippen molar-refractivity contribution in [2.45, 2.75) is 46.1 Å². The van der Waals surface area contributed by atoms with Crippen molar-refractivity contribution >= 4 is 6.29 Å². The standard InChI is InChI=1S/C16H23NO2.C2H6/c1-3-8-17(2)9-6-16-15-5-4-13(12-18)11-14(15)7-10-19-16;1-2/h4-5,11-12,16H,3,6-10H2,1-2H3;1-2H3. The summed E-state index contributed by atoms with van der Waals surface area (Å²) in [7, 11) is 2.16. The first-order valence-electron chi connectivity index (χ1n) is 8.12. The molecular weight excluding hydrogens is 262 g/mol. The minimum atomic E-state index is 0.184. The topological polar surface area (TPSA) is 29.5 Å². The van der Waals surface area contributed by atoms with E-state index >= 15 is 0 Å². The number of carbonyl (C=O) groups is 1. The molecule has 0 N–H and O–H groups in total. The molecule has 0 amide bonds. The van der Waals surface area contributed by atoms with Crippen molar-refractivity contribution in [3.63, 3.8) is 0 Å². The molecule has 0 radical (unpaired) electrons. The number of benzene rings is 1. The van der Waals surface area contributed by atoms with Crippen LogP contribution in [0, 0.1) is 0 Å². The van der Waals surface area contributed by atoms with E-state index in [0.29, 0.717) is 0 Å². The van der Waals surface area contributed by atoms with E-state index in [1.54, 1.807) is 0 Å². The van der Waals surface area contributed by atoms with Crippen LogP contribution in [0.15, 0.2) is 18.2 Å². The lowest BCUT2D eigenvalue weighted by Gasteiger charge is -2.28. The zero-order chi connectivity index (χ0) is 15.7. The molecule has 1 aliphatic heterocycles. The minimum absolute atomic E-state index is 0.184. The Hall–Kier alpha value is -1.19. The van der Waals surface area contributed by atoms with Gasteiger partial charge in [-0.25, -0.2) is 0 Å². The summed E-state index contributed by atoms with van der Waals surface area (Å²) < 4.78 is 5.89. The number of ether oxygens (including phenoxy) is 1. The van der Waals surface area contributed by atoms with Crippen LogP contribution in [0.3, 0.4) is 0 Å². The van der Waals surface area contributed by atoms with E-state index in [1.807, 2.05) is 26.0 Å². The summed E-state index contributed by atoms with van der Waals surface area (Å²) in [6.45, 7) is 9.14. The van der Waals surface area contributed by atoms with Gasteiger partial charge in [0.05, 0.1) is 12.7 Å². The van der Waals surface area contributed by atoms with Crippen LogP contribution in [-0.2, 0) is 11.2 Å². The smallest absolute Gasteiger partial charge is 0.150 e. The Labute approximate surface area is 129 Å². The molecule has 0 spiro atoms. The summed E-state index contributed by atoms with van der Waals surface area (Å²) in [5, 5.41) is 0. The molecule has 0 aliphatic carbocycles. The molecule has 0 saturated carbocycles. The number of fused-ring (bicyclic) bond motifs is 1. The van der Waals surface area contributed by atoms with Crippen LogP contribution >= 0.6 is 0 Å². The van der Waals surface area contributed by atoms with Crippen molar-refractivity contribution in [3.8, 4) is 0 Å². The third-order valence-electron chi connectivity index (χ3n) is 3.72. The molecule has 21 heavy (non-hydrogen) atoms. The Morgan fingerprint density at radius 1 is 1.33 bits per heavy atom. The maximum Gasteiger partial charge on any atom is 0.150 e. The van der Waals surface area contributed by atoms with Gasteiger partial charge >= 0.3 is 0 Å². The van der Waals surface area contributed by atoms with Gasteiger partial charge in [0.2, 0.25) is 0 Å². The van der Waals surface area contributed by atoms with Crippen molar-refractivity contribution in [2.75, 3.05) is 26.7 Å². The largest absolute Gasteiger partial charge is 0.373 e. The highest BCUT2D eigenvalue weighted by Crippen LogP contribution is 2.30. The molecule has 1 unspecified atom stereocenters. The van der Waals surface area contributed by atoms with Gasteiger partial charge in [-0.3, -0.25) is 4.79 Å². The normalized spacial score (nSPS) is 16.9. The Morgan fingerprint density at radius 2 is 2.10 bits per heavy atom. The van der Waals surface area contributed by atoms with Gasteiger partial charge in [0.15, 0.2) is 0 Å². The zero-order valence-corrected chi connectivity index (χ0v) is 13.9. The van der Waals surface area contributed by atoms with Gasteiger partial charge in [0.1, 0.15) is 6.29 Å². The van der Waals surface area contributed by atoms with Gasteiger partial charge in [-0.2, -0.15) is 0 Å².